The van der Waals surface area contributed by atoms with Crippen molar-refractivity contribution in [1.29, 1.82) is 0 Å². The number of hydrogen-bond donors (Lipinski definition) is 2. The fourth-order valence-corrected chi connectivity index (χ4v) is 2.42. The van der Waals surface area contributed by atoms with Crippen molar-refractivity contribution in [2.45, 2.75) is 6.42 Å². The molecule has 0 fully saturated rings. The fourth-order valence-electron chi connectivity index (χ4n) is 2.42. The van der Waals surface area contributed by atoms with Gasteiger partial charge in [-0.15, -0.1) is 0 Å². The SMILES string of the molecule is COc1ccc2c(CCNC(=O)/C=C/c3ccco3)c[nH]c2c1. The second-order valence-corrected chi connectivity index (χ2v) is 5.12. The number of benzene rings is 1. The van der Waals surface area contributed by atoms with Crippen molar-refractivity contribution in [3.05, 3.63) is 60.2 Å². The number of aromatic amines is 1. The van der Waals surface area contributed by atoms with Gasteiger partial charge in [-0.25, -0.2) is 0 Å². The topological polar surface area (TPSA) is 67.3 Å². The van der Waals surface area contributed by atoms with Crippen LogP contribution in [0.4, 0.5) is 0 Å². The van der Waals surface area contributed by atoms with Crippen molar-refractivity contribution in [2.24, 2.45) is 0 Å². The highest BCUT2D eigenvalue weighted by molar-refractivity contribution is 5.91. The van der Waals surface area contributed by atoms with Crippen LogP contribution >= 0.6 is 0 Å². The lowest BCUT2D eigenvalue weighted by molar-refractivity contribution is -0.116. The third-order valence-electron chi connectivity index (χ3n) is 3.61. The predicted octanol–water partition coefficient (Wildman–Crippen LogP) is 3.14. The molecule has 0 aliphatic heterocycles. The summed E-state index contributed by atoms with van der Waals surface area (Å²) in [5, 5.41) is 4.01. The molecule has 0 unspecified atom stereocenters. The highest BCUT2D eigenvalue weighted by atomic mass is 16.5. The minimum absolute atomic E-state index is 0.136. The molecule has 2 aromatic heterocycles. The smallest absolute Gasteiger partial charge is 0.244 e. The molecular weight excluding hydrogens is 292 g/mol. The molecule has 0 aliphatic rings. The van der Waals surface area contributed by atoms with Crippen LogP contribution in [0.3, 0.4) is 0 Å². The number of carbonyl (C=O) groups is 1. The largest absolute Gasteiger partial charge is 0.497 e. The third kappa shape index (κ3) is 3.63. The highest BCUT2D eigenvalue weighted by Crippen LogP contribution is 2.23. The Labute approximate surface area is 133 Å². The number of carbonyl (C=O) groups excluding carboxylic acids is 1. The predicted molar refractivity (Wildman–Crippen MR) is 89.3 cm³/mol. The van der Waals surface area contributed by atoms with Gasteiger partial charge in [0.15, 0.2) is 0 Å². The van der Waals surface area contributed by atoms with E-state index in [4.69, 9.17) is 9.15 Å². The van der Waals surface area contributed by atoms with E-state index in [0.29, 0.717) is 12.3 Å². The van der Waals surface area contributed by atoms with Gasteiger partial charge in [0.25, 0.3) is 0 Å². The Bertz CT molecular complexity index is 816. The average Bonchev–Trinajstić information content (AvgIpc) is 3.22. The van der Waals surface area contributed by atoms with Crippen LogP contribution in [-0.2, 0) is 11.2 Å². The molecule has 2 heterocycles. The molecule has 5 heteroatoms. The van der Waals surface area contributed by atoms with Crippen molar-refractivity contribution in [1.82, 2.24) is 10.3 Å². The van der Waals surface area contributed by atoms with Crippen LogP contribution in [0.2, 0.25) is 0 Å². The lowest BCUT2D eigenvalue weighted by Gasteiger charge is -2.02. The molecule has 2 N–H and O–H groups in total. The Hall–Kier alpha value is -2.95. The first kappa shape index (κ1) is 15.0. The van der Waals surface area contributed by atoms with Crippen molar-refractivity contribution >= 4 is 22.9 Å². The van der Waals surface area contributed by atoms with Gasteiger partial charge in [0.1, 0.15) is 11.5 Å². The standard InChI is InChI=1S/C18H18N2O3/c1-22-15-4-6-16-13(12-20-17(16)11-15)8-9-19-18(21)7-5-14-3-2-10-23-14/h2-7,10-12,20H,8-9H2,1H3,(H,19,21)/b7-5+. The van der Waals surface area contributed by atoms with Gasteiger partial charge in [-0.1, -0.05) is 0 Å². The summed E-state index contributed by atoms with van der Waals surface area (Å²) in [4.78, 5) is 15.0. The maximum Gasteiger partial charge on any atom is 0.244 e. The molecule has 0 saturated carbocycles. The van der Waals surface area contributed by atoms with E-state index in [2.05, 4.69) is 10.3 Å². The molecular formula is C18H18N2O3. The zero-order valence-electron chi connectivity index (χ0n) is 12.8. The molecule has 5 nitrogen and oxygen atoms in total. The number of H-pyrrole nitrogens is 1. The number of amides is 1. The normalized spacial score (nSPS) is 11.2. The minimum Gasteiger partial charge on any atom is -0.497 e. The van der Waals surface area contributed by atoms with Gasteiger partial charge in [0.2, 0.25) is 5.91 Å². The van der Waals surface area contributed by atoms with E-state index in [1.807, 2.05) is 24.4 Å². The molecule has 23 heavy (non-hydrogen) atoms. The fraction of sp³-hybridized carbons (Fsp3) is 0.167. The summed E-state index contributed by atoms with van der Waals surface area (Å²) in [6.07, 6.45) is 7.41. The van der Waals surface area contributed by atoms with Gasteiger partial charge in [0, 0.05) is 35.8 Å². The van der Waals surface area contributed by atoms with Crippen LogP contribution in [0.5, 0.6) is 5.75 Å². The molecule has 1 aromatic carbocycles. The van der Waals surface area contributed by atoms with E-state index >= 15 is 0 Å². The zero-order valence-corrected chi connectivity index (χ0v) is 12.8. The first-order valence-corrected chi connectivity index (χ1v) is 7.39. The van der Waals surface area contributed by atoms with Gasteiger partial charge < -0.3 is 19.5 Å². The van der Waals surface area contributed by atoms with E-state index < -0.39 is 0 Å². The minimum atomic E-state index is -0.136. The Morgan fingerprint density at radius 3 is 3.09 bits per heavy atom. The number of aromatic nitrogens is 1. The first-order valence-electron chi connectivity index (χ1n) is 7.39. The average molecular weight is 310 g/mol. The van der Waals surface area contributed by atoms with Gasteiger partial charge in [0.05, 0.1) is 13.4 Å². The van der Waals surface area contributed by atoms with Crippen molar-refractivity contribution in [3.8, 4) is 5.75 Å². The molecule has 1 amide bonds. The molecule has 0 spiro atoms. The van der Waals surface area contributed by atoms with Crippen LogP contribution in [0.1, 0.15) is 11.3 Å². The van der Waals surface area contributed by atoms with Gasteiger partial charge >= 0.3 is 0 Å². The summed E-state index contributed by atoms with van der Waals surface area (Å²) >= 11 is 0. The van der Waals surface area contributed by atoms with Crippen molar-refractivity contribution < 1.29 is 13.9 Å². The van der Waals surface area contributed by atoms with Crippen LogP contribution < -0.4 is 10.1 Å². The van der Waals surface area contributed by atoms with E-state index in [1.165, 1.54) is 6.08 Å². The van der Waals surface area contributed by atoms with Crippen LogP contribution in [0.15, 0.2) is 53.3 Å². The Morgan fingerprint density at radius 1 is 1.39 bits per heavy atom. The summed E-state index contributed by atoms with van der Waals surface area (Å²) in [5.74, 6) is 1.34. The second-order valence-electron chi connectivity index (χ2n) is 5.12. The number of rotatable bonds is 6. The van der Waals surface area contributed by atoms with E-state index in [-0.39, 0.29) is 5.91 Å². The molecule has 0 aliphatic carbocycles. The molecule has 3 rings (SSSR count). The number of ether oxygens (including phenoxy) is 1. The molecule has 3 aromatic rings. The second kappa shape index (κ2) is 6.87. The van der Waals surface area contributed by atoms with E-state index in [0.717, 1.165) is 28.6 Å². The quantitative estimate of drug-likeness (QED) is 0.687. The van der Waals surface area contributed by atoms with Crippen LogP contribution in [-0.4, -0.2) is 24.5 Å². The molecule has 0 radical (unpaired) electrons. The number of nitrogens with one attached hydrogen (secondary N) is 2. The summed E-state index contributed by atoms with van der Waals surface area (Å²) in [5.41, 5.74) is 2.20. The molecule has 0 saturated heterocycles. The monoisotopic (exact) mass is 310 g/mol. The highest BCUT2D eigenvalue weighted by Gasteiger charge is 2.05. The van der Waals surface area contributed by atoms with E-state index in [9.17, 15) is 4.79 Å². The first-order chi connectivity index (χ1) is 11.3. The molecule has 0 atom stereocenters. The number of hydrogen-bond acceptors (Lipinski definition) is 3. The third-order valence-corrected chi connectivity index (χ3v) is 3.61. The Morgan fingerprint density at radius 2 is 2.30 bits per heavy atom. The van der Waals surface area contributed by atoms with E-state index in [1.54, 1.807) is 31.6 Å². The summed E-state index contributed by atoms with van der Waals surface area (Å²) in [6.45, 7) is 0.570. The Balaban J connectivity index is 1.55. The lowest BCUT2D eigenvalue weighted by atomic mass is 10.1. The number of methoxy groups -OCH3 is 1. The summed E-state index contributed by atoms with van der Waals surface area (Å²) in [7, 11) is 1.65. The maximum atomic E-state index is 11.7. The van der Waals surface area contributed by atoms with Crippen LogP contribution in [0, 0.1) is 0 Å². The van der Waals surface area contributed by atoms with Gasteiger partial charge in [-0.2, -0.15) is 0 Å². The number of fused-ring (bicyclic) bond motifs is 1. The Kier molecular flexibility index (Phi) is 4.47. The molecule has 0 bridgehead atoms. The van der Waals surface area contributed by atoms with Gasteiger partial charge in [-0.3, -0.25) is 4.79 Å². The molecule has 118 valence electrons. The van der Waals surface area contributed by atoms with Gasteiger partial charge in [-0.05, 0) is 42.3 Å². The summed E-state index contributed by atoms with van der Waals surface area (Å²) in [6, 6.07) is 9.50. The lowest BCUT2D eigenvalue weighted by Crippen LogP contribution is -2.23. The summed E-state index contributed by atoms with van der Waals surface area (Å²) < 4.78 is 10.3. The van der Waals surface area contributed by atoms with Crippen LogP contribution in [0.25, 0.3) is 17.0 Å². The maximum absolute atomic E-state index is 11.7. The van der Waals surface area contributed by atoms with Crippen molar-refractivity contribution in [2.75, 3.05) is 13.7 Å². The van der Waals surface area contributed by atoms with Crippen molar-refractivity contribution in [3.63, 3.8) is 0 Å². The zero-order chi connectivity index (χ0) is 16.1. The number of furan rings is 1.